The summed E-state index contributed by atoms with van der Waals surface area (Å²) >= 11 is 1.68. The van der Waals surface area contributed by atoms with Crippen LogP contribution >= 0.6 is 11.3 Å². The molecule has 1 aliphatic rings. The van der Waals surface area contributed by atoms with Gasteiger partial charge in [0, 0.05) is 54.9 Å². The first kappa shape index (κ1) is 16.5. The zero-order valence-corrected chi connectivity index (χ0v) is 15.5. The van der Waals surface area contributed by atoms with Crippen LogP contribution in [0.1, 0.15) is 24.7 Å². The molecule has 0 N–H and O–H groups in total. The summed E-state index contributed by atoms with van der Waals surface area (Å²) in [7, 11) is 0. The van der Waals surface area contributed by atoms with Crippen molar-refractivity contribution in [3.05, 3.63) is 52.6 Å². The predicted octanol–water partition coefficient (Wildman–Crippen LogP) is 3.97. The first-order chi connectivity index (χ1) is 12.3. The van der Waals surface area contributed by atoms with Gasteiger partial charge in [-0.25, -0.2) is 4.98 Å². The Hall–Kier alpha value is -1.98. The lowest BCUT2D eigenvalue weighted by atomic mass is 10.1. The topological polar surface area (TPSA) is 32.3 Å². The minimum absolute atomic E-state index is 0.967. The van der Waals surface area contributed by atoms with Gasteiger partial charge in [-0.3, -0.25) is 9.88 Å². The summed E-state index contributed by atoms with van der Waals surface area (Å²) in [5.74, 6) is 0. The summed E-state index contributed by atoms with van der Waals surface area (Å²) in [5, 5.41) is 3.43. The number of aryl methyl sites for hydroxylation is 1. The van der Waals surface area contributed by atoms with E-state index in [0.29, 0.717) is 0 Å². The molecule has 0 saturated carbocycles. The first-order valence-electron chi connectivity index (χ1n) is 9.06. The van der Waals surface area contributed by atoms with Gasteiger partial charge >= 0.3 is 0 Å². The maximum atomic E-state index is 4.79. The van der Waals surface area contributed by atoms with Crippen LogP contribution in [0.15, 0.2) is 41.2 Å². The Morgan fingerprint density at radius 3 is 2.84 bits per heavy atom. The van der Waals surface area contributed by atoms with E-state index >= 15 is 0 Å². The maximum Gasteiger partial charge on any atom is 0.0795 e. The highest BCUT2D eigenvalue weighted by Gasteiger charge is 2.18. The minimum Gasteiger partial charge on any atom is -0.370 e. The van der Waals surface area contributed by atoms with Crippen molar-refractivity contribution in [1.82, 2.24) is 14.9 Å². The van der Waals surface area contributed by atoms with E-state index < -0.39 is 0 Å². The fraction of sp³-hybridized carbons (Fsp3) is 0.400. The van der Waals surface area contributed by atoms with E-state index in [9.17, 15) is 0 Å². The zero-order valence-electron chi connectivity index (χ0n) is 14.7. The summed E-state index contributed by atoms with van der Waals surface area (Å²) in [6.07, 6.45) is 2.16. The minimum atomic E-state index is 0.967. The average Bonchev–Trinajstić information content (AvgIpc) is 3.05. The molecule has 0 unspecified atom stereocenters. The van der Waals surface area contributed by atoms with Gasteiger partial charge in [0.1, 0.15) is 0 Å². The molecule has 0 atom stereocenters. The van der Waals surface area contributed by atoms with E-state index in [4.69, 9.17) is 4.98 Å². The molecule has 3 aromatic rings. The maximum absolute atomic E-state index is 4.79. The third-order valence-corrected chi connectivity index (χ3v) is 5.54. The molecule has 1 aromatic carbocycles. The first-order valence-corrected chi connectivity index (χ1v) is 10.0. The number of aromatic nitrogens is 2. The fourth-order valence-electron chi connectivity index (χ4n) is 3.57. The molecule has 130 valence electrons. The van der Waals surface area contributed by atoms with Crippen molar-refractivity contribution in [2.24, 2.45) is 0 Å². The Bertz CT molecular complexity index is 831. The number of nitrogens with zero attached hydrogens (tertiary/aromatic N) is 4. The Kier molecular flexibility index (Phi) is 4.95. The van der Waals surface area contributed by atoms with Crippen molar-refractivity contribution in [3.63, 3.8) is 0 Å². The van der Waals surface area contributed by atoms with Gasteiger partial charge in [0.05, 0.1) is 16.7 Å². The van der Waals surface area contributed by atoms with Crippen LogP contribution in [0.3, 0.4) is 0 Å². The number of rotatable bonds is 4. The fourth-order valence-corrected chi connectivity index (χ4v) is 4.12. The molecule has 4 nitrogen and oxygen atoms in total. The van der Waals surface area contributed by atoms with Crippen molar-refractivity contribution in [2.45, 2.75) is 26.3 Å². The number of hydrogen-bond donors (Lipinski definition) is 0. The van der Waals surface area contributed by atoms with Crippen molar-refractivity contribution < 1.29 is 0 Å². The molecular weight excluding hydrogens is 328 g/mol. The normalized spacial score (nSPS) is 16.3. The van der Waals surface area contributed by atoms with Crippen molar-refractivity contribution in [1.29, 1.82) is 0 Å². The van der Waals surface area contributed by atoms with Crippen molar-refractivity contribution in [2.75, 3.05) is 31.1 Å². The van der Waals surface area contributed by atoms with Crippen LogP contribution in [0.2, 0.25) is 0 Å². The number of pyridine rings is 1. The molecule has 0 aliphatic carbocycles. The SMILES string of the molecule is CCc1cc(N2CCCN(Cc3cscn3)CC2)c2ccccc2n1. The van der Waals surface area contributed by atoms with Gasteiger partial charge in [-0.05, 0) is 25.0 Å². The van der Waals surface area contributed by atoms with E-state index in [1.165, 1.54) is 28.9 Å². The van der Waals surface area contributed by atoms with Crippen LogP contribution in [0.5, 0.6) is 0 Å². The lowest BCUT2D eigenvalue weighted by Crippen LogP contribution is -2.30. The van der Waals surface area contributed by atoms with E-state index in [1.54, 1.807) is 11.3 Å². The second kappa shape index (κ2) is 7.50. The van der Waals surface area contributed by atoms with Crippen LogP contribution in [-0.4, -0.2) is 41.0 Å². The lowest BCUT2D eigenvalue weighted by Gasteiger charge is -2.25. The quantitative estimate of drug-likeness (QED) is 0.711. The molecule has 0 spiro atoms. The molecule has 0 amide bonds. The van der Waals surface area contributed by atoms with Gasteiger partial charge in [0.2, 0.25) is 0 Å². The molecule has 4 rings (SSSR count). The number of fused-ring (bicyclic) bond motifs is 1. The van der Waals surface area contributed by atoms with Gasteiger partial charge in [-0.15, -0.1) is 11.3 Å². The Balaban J connectivity index is 1.57. The second-order valence-electron chi connectivity index (χ2n) is 6.60. The smallest absolute Gasteiger partial charge is 0.0795 e. The van der Waals surface area contributed by atoms with Crippen LogP contribution in [-0.2, 0) is 13.0 Å². The molecule has 1 saturated heterocycles. The molecule has 1 aliphatic heterocycles. The van der Waals surface area contributed by atoms with Gasteiger partial charge in [-0.2, -0.15) is 0 Å². The Labute approximate surface area is 153 Å². The second-order valence-corrected chi connectivity index (χ2v) is 7.32. The van der Waals surface area contributed by atoms with Crippen LogP contribution in [0, 0.1) is 0 Å². The zero-order chi connectivity index (χ0) is 17.1. The molecule has 1 fully saturated rings. The summed E-state index contributed by atoms with van der Waals surface area (Å²) < 4.78 is 0. The summed E-state index contributed by atoms with van der Waals surface area (Å²) in [6, 6.07) is 10.8. The van der Waals surface area contributed by atoms with E-state index in [0.717, 1.165) is 44.7 Å². The molecule has 25 heavy (non-hydrogen) atoms. The van der Waals surface area contributed by atoms with E-state index in [2.05, 4.69) is 57.4 Å². The van der Waals surface area contributed by atoms with E-state index in [1.807, 2.05) is 5.51 Å². The van der Waals surface area contributed by atoms with E-state index in [-0.39, 0.29) is 0 Å². The third-order valence-electron chi connectivity index (χ3n) is 4.91. The van der Waals surface area contributed by atoms with Crippen LogP contribution < -0.4 is 4.90 Å². The highest BCUT2D eigenvalue weighted by atomic mass is 32.1. The number of hydrogen-bond acceptors (Lipinski definition) is 5. The molecular formula is C20H24N4S. The largest absolute Gasteiger partial charge is 0.370 e. The lowest BCUT2D eigenvalue weighted by molar-refractivity contribution is 0.282. The molecule has 2 aromatic heterocycles. The standard InChI is InChI=1S/C20H24N4S/c1-2-16-12-20(18-6-3-4-7-19(18)22-16)24-9-5-8-23(10-11-24)13-17-14-25-15-21-17/h3-4,6-7,12,14-15H,2,5,8-11,13H2,1H3. The number of anilines is 1. The van der Waals surface area contributed by atoms with Crippen molar-refractivity contribution in [3.8, 4) is 0 Å². The molecule has 0 radical (unpaired) electrons. The Morgan fingerprint density at radius 2 is 2.00 bits per heavy atom. The summed E-state index contributed by atoms with van der Waals surface area (Å²) in [5.41, 5.74) is 6.76. The van der Waals surface area contributed by atoms with Crippen molar-refractivity contribution >= 4 is 27.9 Å². The average molecular weight is 353 g/mol. The molecule has 3 heterocycles. The predicted molar refractivity (Wildman–Crippen MR) is 105 cm³/mol. The van der Waals surface area contributed by atoms with Crippen LogP contribution in [0.4, 0.5) is 5.69 Å². The summed E-state index contributed by atoms with van der Waals surface area (Å²) in [6.45, 7) is 7.52. The number of benzene rings is 1. The van der Waals surface area contributed by atoms with Gasteiger partial charge < -0.3 is 4.90 Å². The van der Waals surface area contributed by atoms with Gasteiger partial charge in [-0.1, -0.05) is 25.1 Å². The van der Waals surface area contributed by atoms with Gasteiger partial charge in [0.15, 0.2) is 0 Å². The highest BCUT2D eigenvalue weighted by Crippen LogP contribution is 2.28. The Morgan fingerprint density at radius 1 is 1.08 bits per heavy atom. The summed E-state index contributed by atoms with van der Waals surface area (Å²) in [4.78, 5) is 14.3. The molecule has 5 heteroatoms. The highest BCUT2D eigenvalue weighted by molar-refractivity contribution is 7.07. The number of thiazole rings is 1. The third kappa shape index (κ3) is 3.67. The monoisotopic (exact) mass is 352 g/mol. The van der Waals surface area contributed by atoms with Crippen LogP contribution in [0.25, 0.3) is 10.9 Å². The van der Waals surface area contributed by atoms with Gasteiger partial charge in [0.25, 0.3) is 0 Å². The molecule has 0 bridgehead atoms. The number of para-hydroxylation sites is 1.